The average molecular weight is 324 g/mol. The van der Waals surface area contributed by atoms with Crippen LogP contribution in [0.4, 0.5) is 5.69 Å². The Morgan fingerprint density at radius 3 is 2.84 bits per heavy atom. The summed E-state index contributed by atoms with van der Waals surface area (Å²) in [5.74, 6) is 0. The predicted octanol–water partition coefficient (Wildman–Crippen LogP) is 2.45. The predicted molar refractivity (Wildman–Crippen MR) is 79.2 cm³/mol. The van der Waals surface area contributed by atoms with Crippen LogP contribution in [-0.4, -0.2) is 44.3 Å². The Bertz CT molecular complexity index is 452. The van der Waals surface area contributed by atoms with Gasteiger partial charge in [0, 0.05) is 29.8 Å². The van der Waals surface area contributed by atoms with Crippen LogP contribution in [0, 0.1) is 11.3 Å². The minimum Gasteiger partial charge on any atom is -0.385 e. The standard InChI is InChI=1S/C14H18BrN3O/c15-14-10-13(3-2-12(14)11-16)17-4-1-5-18-6-8-19-9-7-18/h2-3,10,17H,1,4-9H2. The molecule has 1 fully saturated rings. The number of ether oxygens (including phenoxy) is 1. The quantitative estimate of drug-likeness (QED) is 0.845. The summed E-state index contributed by atoms with van der Waals surface area (Å²) in [6.07, 6.45) is 1.11. The van der Waals surface area contributed by atoms with Gasteiger partial charge in [-0.25, -0.2) is 0 Å². The molecule has 4 nitrogen and oxygen atoms in total. The molecule has 0 bridgehead atoms. The summed E-state index contributed by atoms with van der Waals surface area (Å²) in [5.41, 5.74) is 1.71. The lowest BCUT2D eigenvalue weighted by Crippen LogP contribution is -2.37. The first kappa shape index (κ1) is 14.3. The van der Waals surface area contributed by atoms with Gasteiger partial charge in [0.2, 0.25) is 0 Å². The van der Waals surface area contributed by atoms with E-state index in [2.05, 4.69) is 32.2 Å². The number of anilines is 1. The monoisotopic (exact) mass is 323 g/mol. The molecule has 1 heterocycles. The first-order valence-corrected chi connectivity index (χ1v) is 7.32. The summed E-state index contributed by atoms with van der Waals surface area (Å²) in [6.45, 7) is 5.85. The fraction of sp³-hybridized carbons (Fsp3) is 0.500. The molecule has 1 saturated heterocycles. The van der Waals surface area contributed by atoms with Gasteiger partial charge in [-0.15, -0.1) is 0 Å². The first-order valence-electron chi connectivity index (χ1n) is 6.53. The molecule has 5 heteroatoms. The maximum absolute atomic E-state index is 8.85. The molecule has 1 aromatic rings. The van der Waals surface area contributed by atoms with Gasteiger partial charge in [-0.05, 0) is 47.1 Å². The molecule has 1 aromatic carbocycles. The van der Waals surface area contributed by atoms with Gasteiger partial charge in [-0.1, -0.05) is 0 Å². The molecule has 0 spiro atoms. The van der Waals surface area contributed by atoms with Crippen molar-refractivity contribution in [2.75, 3.05) is 44.7 Å². The third-order valence-corrected chi connectivity index (χ3v) is 3.83. The summed E-state index contributed by atoms with van der Waals surface area (Å²) in [7, 11) is 0. The van der Waals surface area contributed by atoms with Crippen LogP contribution in [0.15, 0.2) is 22.7 Å². The topological polar surface area (TPSA) is 48.3 Å². The number of halogens is 1. The van der Waals surface area contributed by atoms with Gasteiger partial charge in [0.15, 0.2) is 0 Å². The minimum absolute atomic E-state index is 0.666. The van der Waals surface area contributed by atoms with Crippen molar-refractivity contribution in [3.8, 4) is 6.07 Å². The van der Waals surface area contributed by atoms with Crippen molar-refractivity contribution in [3.63, 3.8) is 0 Å². The number of morpholine rings is 1. The van der Waals surface area contributed by atoms with E-state index in [1.165, 1.54) is 0 Å². The highest BCUT2D eigenvalue weighted by atomic mass is 79.9. The molecule has 0 saturated carbocycles. The molecule has 1 N–H and O–H groups in total. The summed E-state index contributed by atoms with van der Waals surface area (Å²) in [5, 5.41) is 12.2. The van der Waals surface area contributed by atoms with Crippen LogP contribution < -0.4 is 5.32 Å². The van der Waals surface area contributed by atoms with Crippen LogP contribution in [0.1, 0.15) is 12.0 Å². The van der Waals surface area contributed by atoms with Crippen molar-refractivity contribution in [1.82, 2.24) is 4.90 Å². The van der Waals surface area contributed by atoms with E-state index >= 15 is 0 Å². The number of hydrogen-bond acceptors (Lipinski definition) is 4. The Morgan fingerprint density at radius 1 is 1.37 bits per heavy atom. The number of nitrogens with one attached hydrogen (secondary N) is 1. The Morgan fingerprint density at radius 2 is 2.16 bits per heavy atom. The van der Waals surface area contributed by atoms with Crippen LogP contribution in [0.2, 0.25) is 0 Å². The van der Waals surface area contributed by atoms with Crippen LogP contribution in [0.25, 0.3) is 0 Å². The highest BCUT2D eigenvalue weighted by Gasteiger charge is 2.09. The molecule has 0 aromatic heterocycles. The molecule has 102 valence electrons. The molecule has 0 aliphatic carbocycles. The molecule has 1 aliphatic rings. The molecular weight excluding hydrogens is 306 g/mol. The number of nitrogens with zero attached hydrogens (tertiary/aromatic N) is 2. The Balaban J connectivity index is 1.70. The van der Waals surface area contributed by atoms with E-state index < -0.39 is 0 Å². The van der Waals surface area contributed by atoms with E-state index in [-0.39, 0.29) is 0 Å². The van der Waals surface area contributed by atoms with Crippen molar-refractivity contribution in [3.05, 3.63) is 28.2 Å². The molecule has 0 radical (unpaired) electrons. The van der Waals surface area contributed by atoms with Crippen LogP contribution in [0.3, 0.4) is 0 Å². The zero-order chi connectivity index (χ0) is 13.5. The molecule has 2 rings (SSSR count). The maximum atomic E-state index is 8.85. The van der Waals surface area contributed by atoms with Gasteiger partial charge in [0.1, 0.15) is 6.07 Å². The fourth-order valence-corrected chi connectivity index (χ4v) is 2.54. The van der Waals surface area contributed by atoms with Crippen LogP contribution >= 0.6 is 15.9 Å². The minimum atomic E-state index is 0.666. The van der Waals surface area contributed by atoms with Crippen molar-refractivity contribution in [2.45, 2.75) is 6.42 Å². The lowest BCUT2D eigenvalue weighted by molar-refractivity contribution is 0.0378. The number of nitriles is 1. The van der Waals surface area contributed by atoms with Crippen LogP contribution in [-0.2, 0) is 4.74 Å². The Labute approximate surface area is 122 Å². The van der Waals surface area contributed by atoms with Gasteiger partial charge in [-0.3, -0.25) is 4.90 Å². The fourth-order valence-electron chi connectivity index (χ4n) is 2.08. The zero-order valence-electron chi connectivity index (χ0n) is 10.9. The first-order chi connectivity index (χ1) is 9.29. The van der Waals surface area contributed by atoms with E-state index in [0.717, 1.165) is 56.0 Å². The molecular formula is C14H18BrN3O. The summed E-state index contributed by atoms with van der Waals surface area (Å²) in [6, 6.07) is 7.86. The van der Waals surface area contributed by atoms with Gasteiger partial charge in [0.05, 0.1) is 18.8 Å². The van der Waals surface area contributed by atoms with E-state index in [9.17, 15) is 0 Å². The number of hydrogen-bond donors (Lipinski definition) is 1. The summed E-state index contributed by atoms with van der Waals surface area (Å²) in [4.78, 5) is 2.43. The second-order valence-corrected chi connectivity index (χ2v) is 5.40. The highest BCUT2D eigenvalue weighted by Crippen LogP contribution is 2.20. The Kier molecular flexibility index (Phi) is 5.64. The molecule has 0 amide bonds. The SMILES string of the molecule is N#Cc1ccc(NCCCN2CCOCC2)cc1Br. The van der Waals surface area contributed by atoms with Gasteiger partial charge in [0.25, 0.3) is 0 Å². The summed E-state index contributed by atoms with van der Waals surface area (Å²) >= 11 is 3.39. The molecule has 0 unspecified atom stereocenters. The average Bonchev–Trinajstić information content (AvgIpc) is 2.45. The summed E-state index contributed by atoms with van der Waals surface area (Å²) < 4.78 is 6.16. The maximum Gasteiger partial charge on any atom is 0.100 e. The van der Waals surface area contributed by atoms with Gasteiger partial charge in [-0.2, -0.15) is 5.26 Å². The zero-order valence-corrected chi connectivity index (χ0v) is 12.4. The van der Waals surface area contributed by atoms with Crippen molar-refractivity contribution >= 4 is 21.6 Å². The van der Waals surface area contributed by atoms with Crippen molar-refractivity contribution < 1.29 is 4.74 Å². The second-order valence-electron chi connectivity index (χ2n) is 4.54. The van der Waals surface area contributed by atoms with Gasteiger partial charge >= 0.3 is 0 Å². The Hall–Kier alpha value is -1.09. The third kappa shape index (κ3) is 4.50. The number of benzene rings is 1. The lowest BCUT2D eigenvalue weighted by Gasteiger charge is -2.26. The van der Waals surface area contributed by atoms with E-state index in [1.807, 2.05) is 18.2 Å². The highest BCUT2D eigenvalue weighted by molar-refractivity contribution is 9.10. The largest absolute Gasteiger partial charge is 0.385 e. The molecule has 19 heavy (non-hydrogen) atoms. The molecule has 0 atom stereocenters. The van der Waals surface area contributed by atoms with E-state index in [4.69, 9.17) is 10.00 Å². The second kappa shape index (κ2) is 7.49. The van der Waals surface area contributed by atoms with Crippen LogP contribution in [0.5, 0.6) is 0 Å². The molecule has 1 aliphatic heterocycles. The van der Waals surface area contributed by atoms with E-state index in [0.29, 0.717) is 5.56 Å². The van der Waals surface area contributed by atoms with Gasteiger partial charge < -0.3 is 10.1 Å². The smallest absolute Gasteiger partial charge is 0.100 e. The van der Waals surface area contributed by atoms with Crippen molar-refractivity contribution in [2.24, 2.45) is 0 Å². The van der Waals surface area contributed by atoms with Crippen molar-refractivity contribution in [1.29, 1.82) is 5.26 Å². The third-order valence-electron chi connectivity index (χ3n) is 3.17. The lowest BCUT2D eigenvalue weighted by atomic mass is 10.2. The normalized spacial score (nSPS) is 16.0. The number of rotatable bonds is 5. The van der Waals surface area contributed by atoms with E-state index in [1.54, 1.807) is 0 Å².